The molecule has 2 aliphatic heterocycles. The molecule has 6 nitrogen and oxygen atoms in total. The van der Waals surface area contributed by atoms with Crippen molar-refractivity contribution >= 4 is 44.5 Å². The minimum atomic E-state index is -0.537. The van der Waals surface area contributed by atoms with E-state index in [-0.39, 0.29) is 11.8 Å². The van der Waals surface area contributed by atoms with Crippen LogP contribution in [0.2, 0.25) is 0 Å². The number of aliphatic imine (C=N–C) groups is 1. The summed E-state index contributed by atoms with van der Waals surface area (Å²) >= 11 is 3.54. The van der Waals surface area contributed by atoms with Crippen LogP contribution < -0.4 is 0 Å². The average molecular weight is 543 g/mol. The van der Waals surface area contributed by atoms with E-state index in [1.807, 2.05) is 21.9 Å². The van der Waals surface area contributed by atoms with E-state index in [1.165, 1.54) is 0 Å². The van der Waals surface area contributed by atoms with Gasteiger partial charge in [0.25, 0.3) is 5.91 Å². The first-order chi connectivity index (χ1) is 17.4. The van der Waals surface area contributed by atoms with Gasteiger partial charge < -0.3 is 4.90 Å². The topological polar surface area (TPSA) is 65.9 Å². The minimum absolute atomic E-state index is 0.131. The van der Waals surface area contributed by atoms with E-state index < -0.39 is 5.54 Å². The van der Waals surface area contributed by atoms with Crippen LogP contribution in [0, 0.1) is 18.8 Å². The second kappa shape index (κ2) is 7.97. The monoisotopic (exact) mass is 542 g/mol. The fourth-order valence-electron chi connectivity index (χ4n) is 5.52. The first-order valence-electron chi connectivity index (χ1n) is 12.8. The highest BCUT2D eigenvalue weighted by atomic mass is 79.9. The summed E-state index contributed by atoms with van der Waals surface area (Å²) in [6.45, 7) is 4.23. The van der Waals surface area contributed by atoms with Gasteiger partial charge >= 0.3 is 0 Å². The van der Waals surface area contributed by atoms with E-state index in [1.54, 1.807) is 0 Å². The molecule has 2 aliphatic carbocycles. The second-order valence-corrected chi connectivity index (χ2v) is 11.8. The molecule has 4 aliphatic rings. The number of fused-ring (bicyclic) bond motifs is 1. The standard InChI is InChI=1S/C29H27BrN4O2/c1-17-12-22-8-9-23(30)13-24(22)31-25(17)19-2-4-20(5-3-19)26-32-29(10-11-29)28(36)34(26)16-18-14-33(15-18)27(35)21-6-7-21/h2-5,8-9,12-13,18,21H,6-7,10-11,14-16H2,1H3. The summed E-state index contributed by atoms with van der Waals surface area (Å²) in [7, 11) is 0. The Bertz CT molecular complexity index is 1450. The quantitative estimate of drug-likeness (QED) is 0.457. The fourth-order valence-corrected chi connectivity index (χ4v) is 5.87. The maximum Gasteiger partial charge on any atom is 0.256 e. The van der Waals surface area contributed by atoms with Crippen molar-refractivity contribution in [3.8, 4) is 11.3 Å². The largest absolute Gasteiger partial charge is 0.342 e. The van der Waals surface area contributed by atoms with Gasteiger partial charge in [-0.05, 0) is 56.4 Å². The lowest BCUT2D eigenvalue weighted by Gasteiger charge is -2.41. The van der Waals surface area contributed by atoms with Crippen LogP contribution in [-0.4, -0.2) is 57.6 Å². The van der Waals surface area contributed by atoms with Crippen molar-refractivity contribution in [1.29, 1.82) is 0 Å². The molecule has 1 saturated heterocycles. The Kier molecular flexibility index (Phi) is 4.91. The molecule has 0 atom stereocenters. The summed E-state index contributed by atoms with van der Waals surface area (Å²) in [6.07, 6.45) is 3.73. The van der Waals surface area contributed by atoms with Crippen LogP contribution in [0.3, 0.4) is 0 Å². The van der Waals surface area contributed by atoms with Crippen LogP contribution in [-0.2, 0) is 9.59 Å². The van der Waals surface area contributed by atoms with Gasteiger partial charge in [0.2, 0.25) is 5.91 Å². The minimum Gasteiger partial charge on any atom is -0.342 e. The van der Waals surface area contributed by atoms with Crippen molar-refractivity contribution in [3.05, 3.63) is 64.1 Å². The lowest BCUT2D eigenvalue weighted by atomic mass is 9.97. The first-order valence-corrected chi connectivity index (χ1v) is 13.6. The maximum atomic E-state index is 13.3. The number of carbonyl (C=O) groups excluding carboxylic acids is 2. The van der Waals surface area contributed by atoms with E-state index in [4.69, 9.17) is 9.98 Å². The first kappa shape index (κ1) is 22.2. The van der Waals surface area contributed by atoms with Crippen molar-refractivity contribution in [3.63, 3.8) is 0 Å². The molecule has 3 heterocycles. The van der Waals surface area contributed by atoms with Crippen LogP contribution in [0.15, 0.2) is 58.0 Å². The fraction of sp³-hybridized carbons (Fsp3) is 0.379. The van der Waals surface area contributed by atoms with Crippen LogP contribution in [0.4, 0.5) is 0 Å². The van der Waals surface area contributed by atoms with Crippen molar-refractivity contribution in [2.24, 2.45) is 16.8 Å². The van der Waals surface area contributed by atoms with Gasteiger partial charge in [-0.15, -0.1) is 0 Å². The summed E-state index contributed by atoms with van der Waals surface area (Å²) in [6, 6.07) is 16.6. The predicted octanol–water partition coefficient (Wildman–Crippen LogP) is 4.96. The van der Waals surface area contributed by atoms with E-state index in [0.29, 0.717) is 18.4 Å². The summed E-state index contributed by atoms with van der Waals surface area (Å²) < 4.78 is 1.01. The molecule has 2 aromatic carbocycles. The van der Waals surface area contributed by atoms with Crippen molar-refractivity contribution in [2.45, 2.75) is 38.1 Å². The highest BCUT2D eigenvalue weighted by Crippen LogP contribution is 2.46. The van der Waals surface area contributed by atoms with Gasteiger partial charge in [-0.1, -0.05) is 46.3 Å². The third-order valence-electron chi connectivity index (χ3n) is 7.97. The van der Waals surface area contributed by atoms with Crippen LogP contribution in [0.25, 0.3) is 22.2 Å². The maximum absolute atomic E-state index is 13.3. The zero-order chi connectivity index (χ0) is 24.6. The van der Waals surface area contributed by atoms with Crippen molar-refractivity contribution in [1.82, 2.24) is 14.8 Å². The number of halogens is 1. The number of nitrogens with zero attached hydrogens (tertiary/aromatic N) is 4. The van der Waals surface area contributed by atoms with Gasteiger partial charge in [-0.25, -0.2) is 4.98 Å². The molecular weight excluding hydrogens is 516 g/mol. The smallest absolute Gasteiger partial charge is 0.256 e. The number of aromatic nitrogens is 1. The Hall–Kier alpha value is -3.06. The summed E-state index contributed by atoms with van der Waals surface area (Å²) in [5.74, 6) is 1.78. The molecular formula is C29H27BrN4O2. The van der Waals surface area contributed by atoms with Gasteiger partial charge in [-0.2, -0.15) is 0 Å². The van der Waals surface area contributed by atoms with Crippen molar-refractivity contribution < 1.29 is 9.59 Å². The Morgan fingerprint density at radius 3 is 2.47 bits per heavy atom. The SMILES string of the molecule is Cc1cc2ccc(Br)cc2nc1-c1ccc(C2=NC3(CC3)C(=O)N2CC2CN(C(=O)C3CC3)C2)cc1. The summed E-state index contributed by atoms with van der Waals surface area (Å²) in [5, 5.41) is 1.12. The average Bonchev–Trinajstić information content (AvgIpc) is 3.76. The molecule has 0 unspecified atom stereocenters. The molecule has 36 heavy (non-hydrogen) atoms. The highest BCUT2D eigenvalue weighted by Gasteiger charge is 2.57. The number of benzene rings is 2. The summed E-state index contributed by atoms with van der Waals surface area (Å²) in [4.78, 5) is 39.3. The van der Waals surface area contributed by atoms with E-state index in [9.17, 15) is 9.59 Å². The third kappa shape index (κ3) is 3.67. The molecule has 7 heteroatoms. The molecule has 1 spiro atoms. The van der Waals surface area contributed by atoms with Crippen LogP contribution in [0.1, 0.15) is 36.8 Å². The Morgan fingerprint density at radius 1 is 1.06 bits per heavy atom. The molecule has 0 bridgehead atoms. The number of hydrogen-bond acceptors (Lipinski definition) is 4. The van der Waals surface area contributed by atoms with E-state index in [0.717, 1.165) is 82.4 Å². The van der Waals surface area contributed by atoms with Gasteiger partial charge in [0.15, 0.2) is 0 Å². The van der Waals surface area contributed by atoms with Gasteiger partial charge in [0.1, 0.15) is 11.4 Å². The molecule has 3 aromatic rings. The van der Waals surface area contributed by atoms with Gasteiger partial charge in [0.05, 0.1) is 11.2 Å². The number of carbonyl (C=O) groups is 2. The molecule has 3 fully saturated rings. The second-order valence-electron chi connectivity index (χ2n) is 10.8. The number of rotatable bonds is 5. The summed E-state index contributed by atoms with van der Waals surface area (Å²) in [5.41, 5.74) is 4.51. The Balaban J connectivity index is 1.13. The molecule has 7 rings (SSSR count). The van der Waals surface area contributed by atoms with Crippen LogP contribution >= 0.6 is 15.9 Å². The highest BCUT2D eigenvalue weighted by molar-refractivity contribution is 9.10. The normalized spacial score (nSPS) is 20.7. The molecule has 0 N–H and O–H groups in total. The van der Waals surface area contributed by atoms with Gasteiger partial charge in [0, 0.05) is 52.5 Å². The predicted molar refractivity (Wildman–Crippen MR) is 143 cm³/mol. The van der Waals surface area contributed by atoms with Crippen molar-refractivity contribution in [2.75, 3.05) is 19.6 Å². The molecule has 182 valence electrons. The van der Waals surface area contributed by atoms with E-state index >= 15 is 0 Å². The molecule has 0 radical (unpaired) electrons. The van der Waals surface area contributed by atoms with Gasteiger partial charge in [-0.3, -0.25) is 19.5 Å². The lowest BCUT2D eigenvalue weighted by Crippen LogP contribution is -2.55. The third-order valence-corrected chi connectivity index (χ3v) is 8.46. The molecule has 1 aromatic heterocycles. The lowest BCUT2D eigenvalue weighted by molar-refractivity contribution is -0.139. The molecule has 2 amide bonds. The number of hydrogen-bond donors (Lipinski definition) is 0. The Labute approximate surface area is 218 Å². The number of amides is 2. The molecule has 2 saturated carbocycles. The van der Waals surface area contributed by atoms with E-state index in [2.05, 4.69) is 59.3 Å². The zero-order valence-electron chi connectivity index (χ0n) is 20.2. The zero-order valence-corrected chi connectivity index (χ0v) is 21.8. The number of amidine groups is 1. The number of pyridine rings is 1. The number of likely N-dealkylation sites (tertiary alicyclic amines) is 1. The number of aryl methyl sites for hydroxylation is 1. The van der Waals surface area contributed by atoms with Crippen LogP contribution in [0.5, 0.6) is 0 Å². The Morgan fingerprint density at radius 2 is 1.78 bits per heavy atom.